The normalized spacial score (nSPS) is 11.8. The molecular formula is C10H11NO5. The van der Waals surface area contributed by atoms with E-state index in [0.717, 1.165) is 0 Å². The number of benzene rings is 1. The molecule has 1 N–H and O–H groups in total. The molecule has 0 aliphatic heterocycles. The average Bonchev–Trinajstić information content (AvgIpc) is 2.16. The third-order valence-corrected chi connectivity index (χ3v) is 1.83. The molecule has 1 rings (SSSR count). The largest absolute Gasteiger partial charge is 0.490 e. The van der Waals surface area contributed by atoms with Crippen LogP contribution in [-0.4, -0.2) is 22.1 Å². The molecule has 16 heavy (non-hydrogen) atoms. The Morgan fingerprint density at radius 1 is 1.62 bits per heavy atom. The highest BCUT2D eigenvalue weighted by molar-refractivity contribution is 5.67. The minimum absolute atomic E-state index is 0.0833. The summed E-state index contributed by atoms with van der Waals surface area (Å²) in [4.78, 5) is 20.3. The number of nitro groups is 1. The van der Waals surface area contributed by atoms with Crippen LogP contribution in [-0.2, 0) is 4.79 Å². The van der Waals surface area contributed by atoms with Gasteiger partial charge >= 0.3 is 5.97 Å². The Bertz CT molecular complexity index is 404. The van der Waals surface area contributed by atoms with Crippen molar-refractivity contribution in [3.63, 3.8) is 0 Å². The van der Waals surface area contributed by atoms with Gasteiger partial charge in [-0.05, 0) is 13.0 Å². The van der Waals surface area contributed by atoms with Crippen LogP contribution in [0, 0.1) is 10.1 Å². The molecular weight excluding hydrogens is 214 g/mol. The van der Waals surface area contributed by atoms with E-state index in [2.05, 4.69) is 0 Å². The summed E-state index contributed by atoms with van der Waals surface area (Å²) in [7, 11) is 0. The van der Waals surface area contributed by atoms with Gasteiger partial charge in [0.05, 0.1) is 17.4 Å². The van der Waals surface area contributed by atoms with E-state index in [0.29, 0.717) is 5.75 Å². The third-order valence-electron chi connectivity index (χ3n) is 1.83. The highest BCUT2D eigenvalue weighted by Gasteiger charge is 2.11. The van der Waals surface area contributed by atoms with Gasteiger partial charge in [0.1, 0.15) is 11.9 Å². The van der Waals surface area contributed by atoms with Gasteiger partial charge in [0.15, 0.2) is 0 Å². The zero-order valence-electron chi connectivity index (χ0n) is 8.62. The molecule has 0 fully saturated rings. The number of carbonyl (C=O) groups is 1. The molecule has 1 aromatic carbocycles. The van der Waals surface area contributed by atoms with Crippen molar-refractivity contribution in [2.45, 2.75) is 19.4 Å². The fourth-order valence-electron chi connectivity index (χ4n) is 1.19. The van der Waals surface area contributed by atoms with Crippen molar-refractivity contribution in [2.75, 3.05) is 0 Å². The zero-order chi connectivity index (χ0) is 12.1. The summed E-state index contributed by atoms with van der Waals surface area (Å²) in [5.41, 5.74) is -0.0833. The van der Waals surface area contributed by atoms with Crippen molar-refractivity contribution < 1.29 is 19.6 Å². The Morgan fingerprint density at radius 2 is 2.31 bits per heavy atom. The standard InChI is InChI=1S/C10H11NO5/c1-7(5-10(12)13)16-9-4-2-3-8(6-9)11(14)15/h2-4,6-7H,5H2,1H3,(H,12,13)/t7-/m1/s1. The summed E-state index contributed by atoms with van der Waals surface area (Å²) in [6, 6.07) is 5.64. The molecule has 0 bridgehead atoms. The summed E-state index contributed by atoms with van der Waals surface area (Å²) in [6.45, 7) is 1.59. The lowest BCUT2D eigenvalue weighted by atomic mass is 10.2. The van der Waals surface area contributed by atoms with Crippen LogP contribution in [0.25, 0.3) is 0 Å². The van der Waals surface area contributed by atoms with Gasteiger partial charge < -0.3 is 9.84 Å². The third kappa shape index (κ3) is 3.56. The van der Waals surface area contributed by atoms with Crippen LogP contribution in [0.2, 0.25) is 0 Å². The smallest absolute Gasteiger partial charge is 0.307 e. The second-order valence-corrected chi connectivity index (χ2v) is 3.28. The van der Waals surface area contributed by atoms with Gasteiger partial charge in [0, 0.05) is 6.07 Å². The number of carboxylic acid groups (broad SMARTS) is 1. The highest BCUT2D eigenvalue weighted by atomic mass is 16.6. The van der Waals surface area contributed by atoms with Crippen LogP contribution in [0.3, 0.4) is 0 Å². The summed E-state index contributed by atoms with van der Waals surface area (Å²) in [5.74, 6) is -0.680. The van der Waals surface area contributed by atoms with E-state index in [1.54, 1.807) is 13.0 Å². The van der Waals surface area contributed by atoms with Gasteiger partial charge in [-0.25, -0.2) is 0 Å². The van der Waals surface area contributed by atoms with Crippen molar-refractivity contribution >= 4 is 11.7 Å². The van der Waals surface area contributed by atoms with Gasteiger partial charge in [0.2, 0.25) is 0 Å². The van der Waals surface area contributed by atoms with Crippen molar-refractivity contribution in [2.24, 2.45) is 0 Å². The Balaban J connectivity index is 2.70. The number of hydrogen-bond acceptors (Lipinski definition) is 4. The minimum Gasteiger partial charge on any atom is -0.490 e. The van der Waals surface area contributed by atoms with E-state index in [-0.39, 0.29) is 12.1 Å². The molecule has 0 unspecified atom stereocenters. The maximum atomic E-state index is 10.5. The molecule has 6 nitrogen and oxygen atoms in total. The molecule has 0 amide bonds. The zero-order valence-corrected chi connectivity index (χ0v) is 8.62. The fraction of sp³-hybridized carbons (Fsp3) is 0.300. The number of nitrogens with zero attached hydrogens (tertiary/aromatic N) is 1. The van der Waals surface area contributed by atoms with E-state index >= 15 is 0 Å². The van der Waals surface area contributed by atoms with Crippen LogP contribution in [0.1, 0.15) is 13.3 Å². The quantitative estimate of drug-likeness (QED) is 0.609. The van der Waals surface area contributed by atoms with Crippen molar-refractivity contribution in [3.05, 3.63) is 34.4 Å². The number of non-ortho nitro benzene ring substituents is 1. The molecule has 0 spiro atoms. The van der Waals surface area contributed by atoms with E-state index in [1.165, 1.54) is 18.2 Å². The molecule has 0 aliphatic rings. The average molecular weight is 225 g/mol. The van der Waals surface area contributed by atoms with E-state index in [4.69, 9.17) is 9.84 Å². The van der Waals surface area contributed by atoms with E-state index in [9.17, 15) is 14.9 Å². The number of hydrogen-bond donors (Lipinski definition) is 1. The lowest BCUT2D eigenvalue weighted by molar-refractivity contribution is -0.384. The molecule has 0 saturated heterocycles. The molecule has 0 radical (unpaired) electrons. The van der Waals surface area contributed by atoms with Crippen LogP contribution in [0.4, 0.5) is 5.69 Å². The first kappa shape index (κ1) is 12.0. The van der Waals surface area contributed by atoms with Gasteiger partial charge in [-0.1, -0.05) is 6.07 Å². The number of aliphatic carboxylic acids is 1. The Hall–Kier alpha value is -2.11. The molecule has 6 heteroatoms. The minimum atomic E-state index is -0.974. The number of nitro benzene ring substituents is 1. The number of carboxylic acids is 1. The lowest BCUT2D eigenvalue weighted by Crippen LogP contribution is -2.16. The first-order chi connectivity index (χ1) is 7.49. The van der Waals surface area contributed by atoms with Gasteiger partial charge in [-0.15, -0.1) is 0 Å². The molecule has 0 aromatic heterocycles. The van der Waals surface area contributed by atoms with Crippen LogP contribution >= 0.6 is 0 Å². The van der Waals surface area contributed by atoms with Crippen molar-refractivity contribution in [1.29, 1.82) is 0 Å². The maximum absolute atomic E-state index is 10.5. The van der Waals surface area contributed by atoms with E-state index < -0.39 is 17.0 Å². The molecule has 0 heterocycles. The Labute approximate surface area is 91.6 Å². The molecule has 0 aliphatic carbocycles. The van der Waals surface area contributed by atoms with Gasteiger partial charge in [-0.3, -0.25) is 14.9 Å². The van der Waals surface area contributed by atoms with Crippen LogP contribution in [0.5, 0.6) is 5.75 Å². The summed E-state index contributed by atoms with van der Waals surface area (Å²) in [6.07, 6.45) is -0.678. The number of rotatable bonds is 5. The summed E-state index contributed by atoms with van der Waals surface area (Å²) in [5, 5.41) is 19.0. The predicted molar refractivity (Wildman–Crippen MR) is 55.4 cm³/mol. The second kappa shape index (κ2) is 5.11. The first-order valence-electron chi connectivity index (χ1n) is 4.62. The molecule has 86 valence electrons. The highest BCUT2D eigenvalue weighted by Crippen LogP contribution is 2.20. The van der Waals surface area contributed by atoms with E-state index in [1.807, 2.05) is 0 Å². The van der Waals surface area contributed by atoms with Crippen LogP contribution in [0.15, 0.2) is 24.3 Å². The fourth-order valence-corrected chi connectivity index (χ4v) is 1.19. The first-order valence-corrected chi connectivity index (χ1v) is 4.62. The van der Waals surface area contributed by atoms with Crippen molar-refractivity contribution in [3.8, 4) is 5.75 Å². The Morgan fingerprint density at radius 3 is 2.88 bits per heavy atom. The molecule has 1 atom stereocenters. The lowest BCUT2D eigenvalue weighted by Gasteiger charge is -2.11. The monoisotopic (exact) mass is 225 g/mol. The predicted octanol–water partition coefficient (Wildman–Crippen LogP) is 1.84. The van der Waals surface area contributed by atoms with Gasteiger partial charge in [-0.2, -0.15) is 0 Å². The Kier molecular flexibility index (Phi) is 3.82. The molecule has 1 aromatic rings. The van der Waals surface area contributed by atoms with Crippen molar-refractivity contribution in [1.82, 2.24) is 0 Å². The number of ether oxygens (including phenoxy) is 1. The molecule has 0 saturated carbocycles. The van der Waals surface area contributed by atoms with Crippen LogP contribution < -0.4 is 4.74 Å². The van der Waals surface area contributed by atoms with Gasteiger partial charge in [0.25, 0.3) is 5.69 Å². The summed E-state index contributed by atoms with van der Waals surface area (Å²) < 4.78 is 5.23. The summed E-state index contributed by atoms with van der Waals surface area (Å²) >= 11 is 0. The maximum Gasteiger partial charge on any atom is 0.307 e. The SMILES string of the molecule is C[C@H](CC(=O)O)Oc1cccc([N+](=O)[O-])c1. The second-order valence-electron chi connectivity index (χ2n) is 3.28. The topological polar surface area (TPSA) is 89.7 Å².